The van der Waals surface area contributed by atoms with Gasteiger partial charge in [0.05, 0.1) is 17.2 Å². The van der Waals surface area contributed by atoms with Crippen molar-refractivity contribution in [3.63, 3.8) is 0 Å². The van der Waals surface area contributed by atoms with Crippen molar-refractivity contribution in [3.05, 3.63) is 45.2 Å². The number of hydrogen-bond acceptors (Lipinski definition) is 9. The Hall–Kier alpha value is -3.26. The predicted octanol–water partition coefficient (Wildman–Crippen LogP) is 2.25. The number of halogens is 3. The molecule has 0 radical (unpaired) electrons. The molecule has 5 atom stereocenters. The molecule has 1 aromatic carbocycles. The van der Waals surface area contributed by atoms with Crippen molar-refractivity contribution in [3.8, 4) is 5.75 Å². The standard InChI is InChI=1S/C30H36F3N3O7/c1-3-8-36(9-4-2)23-16-11-13-10-15-20(18(37)12-14(17-6-5-7-35-17)22(15)30(31,32)33)24(38)19(13)26(40)29(16,43)27(41)21(25(23)39)28(34)42/h12-13,16-17,23,35,37-38,41,43H,3-11H2,1-2H3,(H2,34,42)/p+1/t13?,16-,17?,23-,29-/m0/s1. The molecule has 10 nitrogen and oxygen atoms in total. The minimum Gasteiger partial charge on any atom is -0.508 e. The van der Waals surface area contributed by atoms with Crippen LogP contribution in [0.5, 0.6) is 5.75 Å². The fourth-order valence-corrected chi connectivity index (χ4v) is 7.73. The van der Waals surface area contributed by atoms with Crippen LogP contribution in [0.4, 0.5) is 13.2 Å². The highest BCUT2D eigenvalue weighted by Crippen LogP contribution is 2.55. The van der Waals surface area contributed by atoms with Crippen LogP contribution in [0.3, 0.4) is 0 Å². The van der Waals surface area contributed by atoms with Gasteiger partial charge in [0.15, 0.2) is 22.7 Å². The fourth-order valence-electron chi connectivity index (χ4n) is 7.73. The van der Waals surface area contributed by atoms with E-state index in [1.165, 1.54) is 0 Å². The number of aliphatic hydroxyl groups is 3. The summed E-state index contributed by atoms with van der Waals surface area (Å²) in [7, 11) is 0. The number of rotatable bonds is 7. The van der Waals surface area contributed by atoms with E-state index in [0.29, 0.717) is 45.3 Å². The zero-order valence-electron chi connectivity index (χ0n) is 24.1. The maximum atomic E-state index is 14.7. The van der Waals surface area contributed by atoms with Crippen molar-refractivity contribution >= 4 is 23.2 Å². The Balaban J connectivity index is 1.74. The van der Waals surface area contributed by atoms with Crippen LogP contribution in [-0.2, 0) is 27.0 Å². The zero-order chi connectivity index (χ0) is 31.6. The fraction of sp³-hybridized carbons (Fsp3) is 0.567. The summed E-state index contributed by atoms with van der Waals surface area (Å²) in [6.45, 7) is 4.90. The average molecular weight is 609 g/mol. The van der Waals surface area contributed by atoms with Crippen molar-refractivity contribution in [2.45, 2.75) is 76.2 Å². The first-order chi connectivity index (χ1) is 20.2. The maximum absolute atomic E-state index is 14.7. The van der Waals surface area contributed by atoms with Gasteiger partial charge in [-0.15, -0.1) is 0 Å². The maximum Gasteiger partial charge on any atom is 0.417 e. The third-order valence-corrected chi connectivity index (χ3v) is 9.36. The number of aliphatic hydroxyl groups excluding tert-OH is 2. The zero-order valence-corrected chi connectivity index (χ0v) is 24.1. The molecular formula is C30H37F3N3O7+. The summed E-state index contributed by atoms with van der Waals surface area (Å²) >= 11 is 0. The van der Waals surface area contributed by atoms with E-state index >= 15 is 0 Å². The van der Waals surface area contributed by atoms with E-state index < -0.39 is 99.1 Å². The SMILES string of the molecule is CCCN(CCC)[C@@H]1C(=O)C(C([NH3+])=O)=C(O)[C@@]2(O)C(=O)C3=C(O)c4c(O)cc(C5CCCN5)c(C(F)(F)F)c4CC3C[C@@H]12. The molecule has 3 aliphatic carbocycles. The molecule has 43 heavy (non-hydrogen) atoms. The highest BCUT2D eigenvalue weighted by molar-refractivity contribution is 6.22. The van der Waals surface area contributed by atoms with Crippen LogP contribution in [0.15, 0.2) is 23.0 Å². The number of ketones is 2. The van der Waals surface area contributed by atoms with Crippen molar-refractivity contribution in [2.75, 3.05) is 19.6 Å². The van der Waals surface area contributed by atoms with Gasteiger partial charge in [-0.05, 0) is 81.3 Å². The number of nitrogens with zero attached hydrogens (tertiary/aromatic N) is 1. The molecule has 1 amide bonds. The molecule has 5 rings (SSSR count). The van der Waals surface area contributed by atoms with Crippen LogP contribution >= 0.6 is 0 Å². The van der Waals surface area contributed by atoms with Gasteiger partial charge in [0, 0.05) is 17.5 Å². The molecular weight excluding hydrogens is 571 g/mol. The van der Waals surface area contributed by atoms with Gasteiger partial charge in [-0.25, -0.2) is 4.79 Å². The number of hydrogen-bond donors (Lipinski definition) is 6. The van der Waals surface area contributed by atoms with Crippen LogP contribution < -0.4 is 11.1 Å². The minimum absolute atomic E-state index is 0.155. The molecule has 234 valence electrons. The quantitative estimate of drug-likeness (QED) is 0.254. The Morgan fingerprint density at radius 3 is 2.35 bits per heavy atom. The number of phenols is 1. The Morgan fingerprint density at radius 2 is 1.81 bits per heavy atom. The number of aromatic hydroxyl groups is 1. The third kappa shape index (κ3) is 4.68. The smallest absolute Gasteiger partial charge is 0.417 e. The summed E-state index contributed by atoms with van der Waals surface area (Å²) in [6.07, 6.45) is -3.33. The van der Waals surface area contributed by atoms with Crippen LogP contribution in [-0.4, -0.2) is 74.1 Å². The predicted molar refractivity (Wildman–Crippen MR) is 146 cm³/mol. The van der Waals surface area contributed by atoms with Crippen molar-refractivity contribution in [1.82, 2.24) is 10.2 Å². The number of phenolic OH excluding ortho intramolecular Hbond substituents is 1. The number of carbonyl (C=O) groups is 3. The summed E-state index contributed by atoms with van der Waals surface area (Å²) in [6, 6.07) is -0.970. The lowest BCUT2D eigenvalue weighted by atomic mass is 9.57. The number of fused-ring (bicyclic) bond motifs is 3. The molecule has 2 fully saturated rings. The number of Topliss-reactive ketones (excluding diaryl/α,β-unsaturated/α-hetero) is 2. The third-order valence-electron chi connectivity index (χ3n) is 9.36. The molecule has 1 saturated heterocycles. The van der Waals surface area contributed by atoms with Crippen LogP contribution in [0.2, 0.25) is 0 Å². The Morgan fingerprint density at radius 1 is 1.16 bits per heavy atom. The van der Waals surface area contributed by atoms with E-state index in [4.69, 9.17) is 0 Å². The molecule has 8 N–H and O–H groups in total. The summed E-state index contributed by atoms with van der Waals surface area (Å²) in [5.74, 6) is -8.33. The number of amides is 1. The first-order valence-electron chi connectivity index (χ1n) is 14.7. The molecule has 1 heterocycles. The molecule has 0 spiro atoms. The Labute approximate surface area is 246 Å². The van der Waals surface area contributed by atoms with Gasteiger partial charge in [0.25, 0.3) is 0 Å². The lowest BCUT2D eigenvalue weighted by Gasteiger charge is -2.51. The Bertz CT molecular complexity index is 1440. The van der Waals surface area contributed by atoms with Crippen LogP contribution in [0.25, 0.3) is 5.76 Å². The second kappa shape index (κ2) is 11.0. The lowest BCUT2D eigenvalue weighted by molar-refractivity contribution is -0.299. The van der Waals surface area contributed by atoms with Gasteiger partial charge in [0.1, 0.15) is 11.5 Å². The van der Waals surface area contributed by atoms with Crippen LogP contribution in [0.1, 0.15) is 74.2 Å². The van der Waals surface area contributed by atoms with E-state index in [-0.39, 0.29) is 17.5 Å². The monoisotopic (exact) mass is 608 g/mol. The topological polar surface area (TPSA) is 175 Å². The average Bonchev–Trinajstić information content (AvgIpc) is 3.45. The van der Waals surface area contributed by atoms with E-state index in [2.05, 4.69) is 11.1 Å². The van der Waals surface area contributed by atoms with Crippen molar-refractivity contribution in [1.29, 1.82) is 0 Å². The highest BCUT2D eigenvalue weighted by Gasteiger charge is 2.65. The van der Waals surface area contributed by atoms with Gasteiger partial charge in [-0.1, -0.05) is 13.8 Å². The van der Waals surface area contributed by atoms with Gasteiger partial charge in [-0.2, -0.15) is 13.2 Å². The first kappa shape index (κ1) is 31.2. The van der Waals surface area contributed by atoms with Gasteiger partial charge < -0.3 is 25.7 Å². The summed E-state index contributed by atoms with van der Waals surface area (Å²) in [5, 5.41) is 48.4. The highest BCUT2D eigenvalue weighted by atomic mass is 19.4. The second-order valence-corrected chi connectivity index (χ2v) is 12.0. The summed E-state index contributed by atoms with van der Waals surface area (Å²) in [5.41, 5.74) is -2.96. The Kier molecular flexibility index (Phi) is 7.99. The molecule has 0 bridgehead atoms. The van der Waals surface area contributed by atoms with Gasteiger partial charge >= 0.3 is 12.1 Å². The van der Waals surface area contributed by atoms with Crippen molar-refractivity contribution < 1.29 is 53.7 Å². The number of alkyl halides is 3. The number of carbonyl (C=O) groups excluding carboxylic acids is 3. The minimum atomic E-state index is -4.86. The summed E-state index contributed by atoms with van der Waals surface area (Å²) in [4.78, 5) is 42.0. The molecule has 2 unspecified atom stereocenters. The largest absolute Gasteiger partial charge is 0.508 e. The molecule has 4 aliphatic rings. The van der Waals surface area contributed by atoms with Crippen LogP contribution in [0, 0.1) is 11.8 Å². The molecule has 1 saturated carbocycles. The van der Waals surface area contributed by atoms with Crippen molar-refractivity contribution in [2.24, 2.45) is 11.8 Å². The van der Waals surface area contributed by atoms with E-state index in [1.54, 1.807) is 4.90 Å². The van der Waals surface area contributed by atoms with E-state index in [0.717, 1.165) is 6.07 Å². The van der Waals surface area contributed by atoms with Gasteiger partial charge in [0.2, 0.25) is 5.78 Å². The number of benzene rings is 1. The summed E-state index contributed by atoms with van der Waals surface area (Å²) < 4.78 is 44.1. The second-order valence-electron chi connectivity index (χ2n) is 12.0. The first-order valence-corrected chi connectivity index (χ1v) is 14.7. The normalized spacial score (nSPS) is 29.2. The molecule has 13 heteroatoms. The number of nitrogens with one attached hydrogen (secondary N) is 1. The number of quaternary nitrogens is 1. The molecule has 0 aromatic heterocycles. The lowest BCUT2D eigenvalue weighted by Crippen LogP contribution is -2.69. The molecule has 1 aliphatic heterocycles. The van der Waals surface area contributed by atoms with E-state index in [1.807, 2.05) is 13.8 Å². The molecule has 1 aromatic rings. The van der Waals surface area contributed by atoms with Gasteiger partial charge in [-0.3, -0.25) is 20.2 Å². The van der Waals surface area contributed by atoms with E-state index in [9.17, 15) is 48.0 Å².